The number of aryl methyl sites for hydroxylation is 2. The summed E-state index contributed by atoms with van der Waals surface area (Å²) in [4.78, 5) is 14.8. The van der Waals surface area contributed by atoms with E-state index in [0.717, 1.165) is 42.7 Å². The summed E-state index contributed by atoms with van der Waals surface area (Å²) in [7, 11) is 0. The van der Waals surface area contributed by atoms with Gasteiger partial charge in [-0.3, -0.25) is 9.69 Å². The fraction of sp³-hybridized carbons (Fsp3) is 0.471. The summed E-state index contributed by atoms with van der Waals surface area (Å²) in [5.74, 6) is 0.111. The molecule has 3 nitrogen and oxygen atoms in total. The Balaban J connectivity index is 0.00000220. The maximum atomic E-state index is 12.6. The highest BCUT2D eigenvalue weighted by molar-refractivity contribution is 5.96. The molecule has 0 bridgehead atoms. The van der Waals surface area contributed by atoms with Gasteiger partial charge < -0.3 is 5.32 Å². The van der Waals surface area contributed by atoms with E-state index in [2.05, 4.69) is 29.3 Å². The van der Waals surface area contributed by atoms with Gasteiger partial charge in [0.15, 0.2) is 0 Å². The molecule has 1 atom stereocenters. The minimum atomic E-state index is -0.0426. The lowest BCUT2D eigenvalue weighted by Gasteiger charge is -2.31. The number of anilines is 1. The lowest BCUT2D eigenvalue weighted by atomic mass is 10.0. The standard InChI is InChI=1S/C17H24N2O.ClH/c1-4-11-19-12-6-5-10-15(19)17(20)18-16-13(2)8-7-9-14(16)3;/h5-9,15H,4,10-12H2,1-3H3,(H,18,20);1H. The highest BCUT2D eigenvalue weighted by Crippen LogP contribution is 2.21. The number of halogens is 1. The molecule has 1 aromatic rings. The van der Waals surface area contributed by atoms with Crippen molar-refractivity contribution in [3.63, 3.8) is 0 Å². The maximum Gasteiger partial charge on any atom is 0.242 e. The highest BCUT2D eigenvalue weighted by Gasteiger charge is 2.26. The molecule has 0 aliphatic carbocycles. The molecule has 1 amide bonds. The zero-order valence-corrected chi connectivity index (χ0v) is 13.9. The Morgan fingerprint density at radius 2 is 1.95 bits per heavy atom. The van der Waals surface area contributed by atoms with Crippen LogP contribution in [0.15, 0.2) is 30.4 Å². The van der Waals surface area contributed by atoms with Gasteiger partial charge in [0.2, 0.25) is 5.91 Å². The molecule has 0 saturated heterocycles. The van der Waals surface area contributed by atoms with Crippen LogP contribution < -0.4 is 5.32 Å². The molecule has 0 saturated carbocycles. The van der Waals surface area contributed by atoms with Crippen molar-refractivity contribution < 1.29 is 4.79 Å². The molecule has 1 N–H and O–H groups in total. The highest BCUT2D eigenvalue weighted by atomic mass is 35.5. The molecule has 1 unspecified atom stereocenters. The topological polar surface area (TPSA) is 32.3 Å². The number of carbonyl (C=O) groups excluding carboxylic acids is 1. The fourth-order valence-corrected chi connectivity index (χ4v) is 2.74. The van der Waals surface area contributed by atoms with Crippen LogP contribution in [0.4, 0.5) is 5.69 Å². The summed E-state index contributed by atoms with van der Waals surface area (Å²) in [5, 5.41) is 3.12. The largest absolute Gasteiger partial charge is 0.324 e. The summed E-state index contributed by atoms with van der Waals surface area (Å²) >= 11 is 0. The van der Waals surface area contributed by atoms with Crippen molar-refractivity contribution in [2.24, 2.45) is 0 Å². The SMILES string of the molecule is CCCN1CC=CCC1C(=O)Nc1c(C)cccc1C.Cl. The lowest BCUT2D eigenvalue weighted by Crippen LogP contribution is -2.46. The van der Waals surface area contributed by atoms with Crippen LogP contribution in [0, 0.1) is 13.8 Å². The van der Waals surface area contributed by atoms with Gasteiger partial charge in [-0.1, -0.05) is 37.3 Å². The van der Waals surface area contributed by atoms with Gasteiger partial charge in [-0.05, 0) is 44.4 Å². The van der Waals surface area contributed by atoms with E-state index < -0.39 is 0 Å². The molecule has 116 valence electrons. The monoisotopic (exact) mass is 308 g/mol. The van der Waals surface area contributed by atoms with Gasteiger partial charge in [0.1, 0.15) is 0 Å². The number of nitrogens with zero attached hydrogens (tertiary/aromatic N) is 1. The lowest BCUT2D eigenvalue weighted by molar-refractivity contribution is -0.121. The van der Waals surface area contributed by atoms with Crippen LogP contribution in [0.1, 0.15) is 30.9 Å². The van der Waals surface area contributed by atoms with E-state index in [9.17, 15) is 4.79 Å². The molecule has 1 aliphatic heterocycles. The summed E-state index contributed by atoms with van der Waals surface area (Å²) in [6.07, 6.45) is 6.14. The Bertz CT molecular complexity index is 493. The number of para-hydroxylation sites is 1. The molecule has 2 rings (SSSR count). The van der Waals surface area contributed by atoms with E-state index in [1.807, 2.05) is 32.0 Å². The van der Waals surface area contributed by atoms with Crippen LogP contribution >= 0.6 is 12.4 Å². The number of rotatable bonds is 4. The van der Waals surface area contributed by atoms with Gasteiger partial charge in [0.25, 0.3) is 0 Å². The Morgan fingerprint density at radius 1 is 1.29 bits per heavy atom. The van der Waals surface area contributed by atoms with Crippen LogP contribution in [0.5, 0.6) is 0 Å². The van der Waals surface area contributed by atoms with E-state index in [-0.39, 0.29) is 24.4 Å². The molecule has 0 fully saturated rings. The van der Waals surface area contributed by atoms with E-state index >= 15 is 0 Å². The van der Waals surface area contributed by atoms with E-state index in [4.69, 9.17) is 0 Å². The molecule has 1 aromatic carbocycles. The normalized spacial score (nSPS) is 18.1. The third-order valence-electron chi connectivity index (χ3n) is 3.85. The van der Waals surface area contributed by atoms with Gasteiger partial charge in [-0.25, -0.2) is 0 Å². The first-order chi connectivity index (χ1) is 9.63. The number of hydrogen-bond donors (Lipinski definition) is 1. The first-order valence-corrected chi connectivity index (χ1v) is 7.39. The van der Waals surface area contributed by atoms with Crippen molar-refractivity contribution in [1.82, 2.24) is 4.90 Å². The van der Waals surface area contributed by atoms with E-state index in [0.29, 0.717) is 0 Å². The third kappa shape index (κ3) is 4.32. The van der Waals surface area contributed by atoms with Crippen LogP contribution in [-0.2, 0) is 4.79 Å². The molecule has 1 heterocycles. The Labute approximate surface area is 133 Å². The van der Waals surface area contributed by atoms with Crippen molar-refractivity contribution in [2.45, 2.75) is 39.7 Å². The van der Waals surface area contributed by atoms with Crippen molar-refractivity contribution in [3.05, 3.63) is 41.5 Å². The second-order valence-electron chi connectivity index (χ2n) is 5.47. The number of benzene rings is 1. The van der Waals surface area contributed by atoms with Crippen molar-refractivity contribution >= 4 is 24.0 Å². The predicted molar refractivity (Wildman–Crippen MR) is 91.2 cm³/mol. The number of nitrogens with one attached hydrogen (secondary N) is 1. The van der Waals surface area contributed by atoms with Crippen LogP contribution in [0.3, 0.4) is 0 Å². The van der Waals surface area contributed by atoms with Gasteiger partial charge in [0.05, 0.1) is 6.04 Å². The summed E-state index contributed by atoms with van der Waals surface area (Å²) in [6, 6.07) is 6.05. The molecule has 21 heavy (non-hydrogen) atoms. The molecule has 0 aromatic heterocycles. The molecule has 0 spiro atoms. The molecular formula is C17H25ClN2O. The van der Waals surface area contributed by atoms with Crippen molar-refractivity contribution in [2.75, 3.05) is 18.4 Å². The minimum absolute atomic E-state index is 0. The second-order valence-corrected chi connectivity index (χ2v) is 5.47. The van der Waals surface area contributed by atoms with Gasteiger partial charge >= 0.3 is 0 Å². The van der Waals surface area contributed by atoms with E-state index in [1.165, 1.54) is 0 Å². The average molecular weight is 309 g/mol. The molecular weight excluding hydrogens is 284 g/mol. The number of amides is 1. The third-order valence-corrected chi connectivity index (χ3v) is 3.85. The summed E-state index contributed by atoms with van der Waals surface area (Å²) < 4.78 is 0. The summed E-state index contributed by atoms with van der Waals surface area (Å²) in [6.45, 7) is 8.06. The van der Waals surface area contributed by atoms with E-state index in [1.54, 1.807) is 0 Å². The molecule has 1 aliphatic rings. The minimum Gasteiger partial charge on any atom is -0.324 e. The number of hydrogen-bond acceptors (Lipinski definition) is 2. The quantitative estimate of drug-likeness (QED) is 0.860. The van der Waals surface area contributed by atoms with Crippen molar-refractivity contribution in [1.29, 1.82) is 0 Å². The zero-order valence-electron chi connectivity index (χ0n) is 13.1. The van der Waals surface area contributed by atoms with Crippen LogP contribution in [0.25, 0.3) is 0 Å². The maximum absolute atomic E-state index is 12.6. The summed E-state index contributed by atoms with van der Waals surface area (Å²) in [5.41, 5.74) is 3.20. The predicted octanol–water partition coefficient (Wildman–Crippen LogP) is 3.70. The van der Waals surface area contributed by atoms with Crippen LogP contribution in [-0.4, -0.2) is 29.9 Å². The van der Waals surface area contributed by atoms with Crippen LogP contribution in [0.2, 0.25) is 0 Å². The second kappa shape index (κ2) is 8.20. The Hall–Kier alpha value is -1.32. The Kier molecular flexibility index (Phi) is 6.93. The zero-order chi connectivity index (χ0) is 14.5. The van der Waals surface area contributed by atoms with Gasteiger partial charge in [-0.2, -0.15) is 0 Å². The smallest absolute Gasteiger partial charge is 0.242 e. The Morgan fingerprint density at radius 3 is 2.57 bits per heavy atom. The fourth-order valence-electron chi connectivity index (χ4n) is 2.74. The van der Waals surface area contributed by atoms with Gasteiger partial charge in [-0.15, -0.1) is 12.4 Å². The molecule has 4 heteroatoms. The van der Waals surface area contributed by atoms with Gasteiger partial charge in [0, 0.05) is 12.2 Å². The molecule has 0 radical (unpaired) electrons. The number of carbonyl (C=O) groups is 1. The van der Waals surface area contributed by atoms with Crippen molar-refractivity contribution in [3.8, 4) is 0 Å². The first-order valence-electron chi connectivity index (χ1n) is 7.39. The average Bonchev–Trinajstić information content (AvgIpc) is 2.44. The first kappa shape index (κ1) is 17.7.